The van der Waals surface area contributed by atoms with Crippen LogP contribution in [-0.2, 0) is 23.8 Å². The van der Waals surface area contributed by atoms with E-state index in [1.807, 2.05) is 24.3 Å². The predicted octanol–water partition coefficient (Wildman–Crippen LogP) is 3.46. The lowest BCUT2D eigenvalue weighted by molar-refractivity contribution is -0.144. The summed E-state index contributed by atoms with van der Waals surface area (Å²) >= 11 is 0. The Hall–Kier alpha value is -2.96. The van der Waals surface area contributed by atoms with Gasteiger partial charge in [-0.25, -0.2) is 0 Å². The lowest BCUT2D eigenvalue weighted by atomic mass is 9.98. The molecular formula is C25H29NO5. The molecule has 0 atom stereocenters. The van der Waals surface area contributed by atoms with Crippen LogP contribution in [0.4, 0.5) is 0 Å². The minimum Gasteiger partial charge on any atom is -0.465 e. The molecule has 0 bridgehead atoms. The number of ether oxygens (including phenoxy) is 3. The Bertz CT molecular complexity index is 849. The molecule has 2 aromatic rings. The number of benzene rings is 2. The maximum absolute atomic E-state index is 12.2. The summed E-state index contributed by atoms with van der Waals surface area (Å²) in [4.78, 5) is 23.1. The van der Waals surface area contributed by atoms with E-state index < -0.39 is 0 Å². The standard InChI is InChI=1S/C25H29NO5/c1-2-24(27)26-13-15-30-17-16-29-14-7-12-25(28)31-18-23-21-10-5-3-8-19(21)20-9-4-6-11-22(20)23/h2-6,8-11,23H,1,7,12-18H2,(H,26,27). The van der Waals surface area contributed by atoms with Crippen LogP contribution in [0.2, 0.25) is 0 Å². The maximum Gasteiger partial charge on any atom is 0.305 e. The maximum atomic E-state index is 12.2. The minimum absolute atomic E-state index is 0.0843. The third kappa shape index (κ3) is 6.51. The molecule has 0 fully saturated rings. The van der Waals surface area contributed by atoms with E-state index in [9.17, 15) is 9.59 Å². The first-order valence-electron chi connectivity index (χ1n) is 10.6. The van der Waals surface area contributed by atoms with Crippen molar-refractivity contribution in [2.75, 3.05) is 39.6 Å². The highest BCUT2D eigenvalue weighted by Gasteiger charge is 2.28. The van der Waals surface area contributed by atoms with Gasteiger partial charge in [-0.3, -0.25) is 9.59 Å². The van der Waals surface area contributed by atoms with E-state index in [4.69, 9.17) is 14.2 Å². The number of amides is 1. The summed E-state index contributed by atoms with van der Waals surface area (Å²) in [5, 5.41) is 2.62. The van der Waals surface area contributed by atoms with Crippen molar-refractivity contribution in [1.82, 2.24) is 5.32 Å². The van der Waals surface area contributed by atoms with Gasteiger partial charge in [0.1, 0.15) is 6.61 Å². The van der Waals surface area contributed by atoms with Gasteiger partial charge in [0.05, 0.1) is 19.8 Å². The Kier molecular flexibility index (Phi) is 8.82. The Morgan fingerprint density at radius 3 is 2.16 bits per heavy atom. The smallest absolute Gasteiger partial charge is 0.305 e. The van der Waals surface area contributed by atoms with Crippen LogP contribution in [0, 0.1) is 0 Å². The van der Waals surface area contributed by atoms with Crippen molar-refractivity contribution in [3.05, 3.63) is 72.3 Å². The number of carbonyl (C=O) groups is 2. The molecule has 0 saturated heterocycles. The second-order valence-corrected chi connectivity index (χ2v) is 7.23. The molecule has 0 heterocycles. The second-order valence-electron chi connectivity index (χ2n) is 7.23. The third-order valence-corrected chi connectivity index (χ3v) is 5.15. The number of esters is 1. The van der Waals surface area contributed by atoms with Crippen molar-refractivity contribution in [3.8, 4) is 11.1 Å². The summed E-state index contributed by atoms with van der Waals surface area (Å²) in [6, 6.07) is 16.6. The third-order valence-electron chi connectivity index (χ3n) is 5.15. The molecule has 6 heteroatoms. The number of carbonyl (C=O) groups excluding carboxylic acids is 2. The Morgan fingerprint density at radius 1 is 0.903 bits per heavy atom. The lowest BCUT2D eigenvalue weighted by Crippen LogP contribution is -2.25. The Balaban J connectivity index is 1.29. The highest BCUT2D eigenvalue weighted by atomic mass is 16.5. The van der Waals surface area contributed by atoms with Gasteiger partial charge in [-0.1, -0.05) is 55.1 Å². The lowest BCUT2D eigenvalue weighted by Gasteiger charge is -2.14. The van der Waals surface area contributed by atoms with Gasteiger partial charge in [0.2, 0.25) is 5.91 Å². The fraction of sp³-hybridized carbons (Fsp3) is 0.360. The zero-order valence-corrected chi connectivity index (χ0v) is 17.7. The van der Waals surface area contributed by atoms with Crippen LogP contribution in [0.15, 0.2) is 61.2 Å². The predicted molar refractivity (Wildman–Crippen MR) is 119 cm³/mol. The van der Waals surface area contributed by atoms with Crippen LogP contribution in [0.1, 0.15) is 29.9 Å². The first-order chi connectivity index (χ1) is 15.2. The van der Waals surface area contributed by atoms with E-state index in [2.05, 4.69) is 36.2 Å². The molecule has 0 saturated carbocycles. The molecule has 0 unspecified atom stereocenters. The van der Waals surface area contributed by atoms with Gasteiger partial charge in [-0.2, -0.15) is 0 Å². The first-order valence-corrected chi connectivity index (χ1v) is 10.6. The van der Waals surface area contributed by atoms with Gasteiger partial charge in [0.15, 0.2) is 0 Å². The molecule has 0 aliphatic heterocycles. The summed E-state index contributed by atoms with van der Waals surface area (Å²) in [5.41, 5.74) is 4.86. The summed E-state index contributed by atoms with van der Waals surface area (Å²) < 4.78 is 16.4. The molecule has 0 spiro atoms. The number of hydrogen-bond acceptors (Lipinski definition) is 5. The van der Waals surface area contributed by atoms with E-state index in [0.717, 1.165) is 0 Å². The average Bonchev–Trinajstić information content (AvgIpc) is 3.12. The number of rotatable bonds is 13. The number of hydrogen-bond donors (Lipinski definition) is 1. The summed E-state index contributed by atoms with van der Waals surface area (Å²) in [6.07, 6.45) is 2.15. The van der Waals surface area contributed by atoms with E-state index in [0.29, 0.717) is 52.4 Å². The van der Waals surface area contributed by atoms with E-state index in [1.54, 1.807) is 0 Å². The van der Waals surface area contributed by atoms with E-state index >= 15 is 0 Å². The average molecular weight is 424 g/mol. The van der Waals surface area contributed by atoms with Gasteiger partial charge in [0, 0.05) is 25.5 Å². The van der Waals surface area contributed by atoms with Gasteiger partial charge >= 0.3 is 5.97 Å². The van der Waals surface area contributed by atoms with E-state index in [1.165, 1.54) is 28.3 Å². The van der Waals surface area contributed by atoms with Crippen molar-refractivity contribution in [2.45, 2.75) is 18.8 Å². The van der Waals surface area contributed by atoms with Crippen molar-refractivity contribution in [3.63, 3.8) is 0 Å². The van der Waals surface area contributed by atoms with Crippen molar-refractivity contribution in [2.24, 2.45) is 0 Å². The van der Waals surface area contributed by atoms with Crippen LogP contribution < -0.4 is 5.32 Å². The second kappa shape index (κ2) is 12.0. The summed E-state index contributed by atoms with van der Waals surface area (Å²) in [5.74, 6) is -0.339. The van der Waals surface area contributed by atoms with Gasteiger partial charge < -0.3 is 19.5 Å². The highest BCUT2D eigenvalue weighted by molar-refractivity contribution is 5.86. The highest BCUT2D eigenvalue weighted by Crippen LogP contribution is 2.44. The molecule has 164 valence electrons. The molecule has 0 radical (unpaired) electrons. The quantitative estimate of drug-likeness (QED) is 0.303. The molecule has 31 heavy (non-hydrogen) atoms. The Morgan fingerprint density at radius 2 is 1.52 bits per heavy atom. The molecule has 0 aromatic heterocycles. The fourth-order valence-electron chi connectivity index (χ4n) is 3.65. The van der Waals surface area contributed by atoms with Crippen LogP contribution in [-0.4, -0.2) is 51.5 Å². The monoisotopic (exact) mass is 423 g/mol. The van der Waals surface area contributed by atoms with Crippen LogP contribution >= 0.6 is 0 Å². The molecule has 1 aliphatic rings. The van der Waals surface area contributed by atoms with Crippen LogP contribution in [0.5, 0.6) is 0 Å². The van der Waals surface area contributed by atoms with Gasteiger partial charge in [0.25, 0.3) is 0 Å². The molecular weight excluding hydrogens is 394 g/mol. The summed E-state index contributed by atoms with van der Waals surface area (Å²) in [7, 11) is 0. The topological polar surface area (TPSA) is 73.9 Å². The molecule has 1 aliphatic carbocycles. The number of fused-ring (bicyclic) bond motifs is 3. The largest absolute Gasteiger partial charge is 0.465 e. The van der Waals surface area contributed by atoms with Crippen LogP contribution in [0.25, 0.3) is 11.1 Å². The van der Waals surface area contributed by atoms with Crippen molar-refractivity contribution in [1.29, 1.82) is 0 Å². The molecule has 6 nitrogen and oxygen atoms in total. The van der Waals surface area contributed by atoms with Crippen molar-refractivity contribution >= 4 is 11.9 Å². The normalized spacial score (nSPS) is 12.1. The summed E-state index contributed by atoms with van der Waals surface area (Å²) in [6.45, 7) is 5.94. The number of nitrogens with one attached hydrogen (secondary N) is 1. The minimum atomic E-state index is -0.215. The van der Waals surface area contributed by atoms with E-state index in [-0.39, 0.29) is 17.8 Å². The zero-order chi connectivity index (χ0) is 21.9. The fourth-order valence-corrected chi connectivity index (χ4v) is 3.65. The molecule has 3 rings (SSSR count). The molecule has 1 N–H and O–H groups in total. The van der Waals surface area contributed by atoms with Gasteiger partial charge in [-0.05, 0) is 34.8 Å². The zero-order valence-electron chi connectivity index (χ0n) is 17.7. The van der Waals surface area contributed by atoms with Crippen LogP contribution in [0.3, 0.4) is 0 Å². The first kappa shape index (κ1) is 22.7. The SMILES string of the molecule is C=CC(=O)NCCOCCOCCCC(=O)OCC1c2ccccc2-c2ccccc21. The van der Waals surface area contributed by atoms with Gasteiger partial charge in [-0.15, -0.1) is 0 Å². The molecule has 2 aromatic carbocycles. The van der Waals surface area contributed by atoms with Crippen molar-refractivity contribution < 1.29 is 23.8 Å². The molecule has 1 amide bonds. The Labute approximate surface area is 183 Å².